The summed E-state index contributed by atoms with van der Waals surface area (Å²) < 4.78 is 6.30. The van der Waals surface area contributed by atoms with E-state index >= 15 is 0 Å². The van der Waals surface area contributed by atoms with Crippen LogP contribution in [-0.4, -0.2) is 4.98 Å². The average molecular weight is 311 g/mol. The van der Waals surface area contributed by atoms with Crippen LogP contribution < -0.4 is 4.74 Å². The summed E-state index contributed by atoms with van der Waals surface area (Å²) in [6, 6.07) is 19.1. The van der Waals surface area contributed by atoms with Crippen molar-refractivity contribution in [1.29, 1.82) is 0 Å². The predicted octanol–water partition coefficient (Wildman–Crippen LogP) is 6.28. The highest BCUT2D eigenvalue weighted by molar-refractivity contribution is 6.06. The summed E-state index contributed by atoms with van der Waals surface area (Å²) in [4.78, 5) is 4.75. The molecule has 0 spiro atoms. The van der Waals surface area contributed by atoms with Crippen LogP contribution in [0.2, 0.25) is 0 Å². The van der Waals surface area contributed by atoms with Gasteiger partial charge in [0.2, 0.25) is 0 Å². The van der Waals surface area contributed by atoms with E-state index in [1.165, 1.54) is 10.9 Å². The van der Waals surface area contributed by atoms with Crippen LogP contribution in [0, 0.1) is 0 Å². The Morgan fingerprint density at radius 2 is 1.75 bits per heavy atom. The van der Waals surface area contributed by atoms with E-state index in [2.05, 4.69) is 56.3 Å². The molecule has 1 aromatic heterocycles. The molecule has 0 bridgehead atoms. The Labute approximate surface area is 140 Å². The van der Waals surface area contributed by atoms with Crippen LogP contribution in [0.25, 0.3) is 32.8 Å². The standard InChI is InChI=1S/C22H17NO/c1-13(2)15-9-10-17-16(11-15)12-23-21-18-7-3-5-14-6-4-8-19(20(14)18)24-22(17)21/h3-13H,1-2H3. The predicted molar refractivity (Wildman–Crippen MR) is 98.8 cm³/mol. The normalized spacial score (nSPS) is 12.5. The number of hydrogen-bond donors (Lipinski definition) is 0. The first-order valence-electron chi connectivity index (χ1n) is 8.35. The molecular weight excluding hydrogens is 294 g/mol. The Bertz CT molecular complexity index is 1110. The number of ether oxygens (including phenoxy) is 1. The van der Waals surface area contributed by atoms with Crippen LogP contribution in [0.1, 0.15) is 25.3 Å². The van der Waals surface area contributed by atoms with Crippen molar-refractivity contribution in [2.45, 2.75) is 19.8 Å². The van der Waals surface area contributed by atoms with Crippen LogP contribution in [0.3, 0.4) is 0 Å². The monoisotopic (exact) mass is 311 g/mol. The topological polar surface area (TPSA) is 22.1 Å². The Kier molecular flexibility index (Phi) is 2.72. The van der Waals surface area contributed by atoms with E-state index in [4.69, 9.17) is 9.72 Å². The molecule has 0 fully saturated rings. The first-order chi connectivity index (χ1) is 11.7. The van der Waals surface area contributed by atoms with Gasteiger partial charge in [-0.1, -0.05) is 56.3 Å². The smallest absolute Gasteiger partial charge is 0.161 e. The van der Waals surface area contributed by atoms with Crippen molar-refractivity contribution in [1.82, 2.24) is 4.98 Å². The molecule has 4 aromatic rings. The average Bonchev–Trinajstić information content (AvgIpc) is 2.61. The minimum Gasteiger partial charge on any atom is -0.454 e. The van der Waals surface area contributed by atoms with Crippen molar-refractivity contribution in [2.24, 2.45) is 0 Å². The maximum atomic E-state index is 6.30. The number of rotatable bonds is 1. The summed E-state index contributed by atoms with van der Waals surface area (Å²) in [5, 5.41) is 4.59. The van der Waals surface area contributed by atoms with Crippen molar-refractivity contribution in [3.05, 3.63) is 66.4 Å². The Morgan fingerprint density at radius 1 is 0.917 bits per heavy atom. The van der Waals surface area contributed by atoms with Gasteiger partial charge >= 0.3 is 0 Å². The first kappa shape index (κ1) is 13.6. The molecule has 0 saturated carbocycles. The van der Waals surface area contributed by atoms with Crippen molar-refractivity contribution in [2.75, 3.05) is 0 Å². The molecule has 1 aliphatic rings. The highest BCUT2D eigenvalue weighted by Crippen LogP contribution is 2.48. The van der Waals surface area contributed by atoms with Gasteiger partial charge in [-0.15, -0.1) is 0 Å². The molecule has 2 heterocycles. The molecule has 0 amide bonds. The lowest BCUT2D eigenvalue weighted by atomic mass is 9.95. The van der Waals surface area contributed by atoms with E-state index in [0.29, 0.717) is 5.92 Å². The highest BCUT2D eigenvalue weighted by Gasteiger charge is 2.22. The van der Waals surface area contributed by atoms with E-state index in [0.717, 1.165) is 38.9 Å². The van der Waals surface area contributed by atoms with Gasteiger partial charge in [0.1, 0.15) is 11.4 Å². The zero-order valence-electron chi connectivity index (χ0n) is 13.7. The molecule has 2 heteroatoms. The molecule has 0 unspecified atom stereocenters. The van der Waals surface area contributed by atoms with Gasteiger partial charge in [0.25, 0.3) is 0 Å². The minimum absolute atomic E-state index is 0.501. The Morgan fingerprint density at radius 3 is 2.58 bits per heavy atom. The quantitative estimate of drug-likeness (QED) is 0.363. The summed E-state index contributed by atoms with van der Waals surface area (Å²) >= 11 is 0. The number of fused-ring (bicyclic) bond motifs is 4. The SMILES string of the molecule is CC(C)c1ccc2c3c(ncc2c1)-c1cccc2cccc(c12)O3. The number of nitrogens with zero attached hydrogens (tertiary/aromatic N) is 1. The molecule has 0 N–H and O–H groups in total. The molecule has 3 aromatic carbocycles. The zero-order valence-corrected chi connectivity index (χ0v) is 13.7. The number of hydrogen-bond acceptors (Lipinski definition) is 2. The zero-order chi connectivity index (χ0) is 16.3. The lowest BCUT2D eigenvalue weighted by Crippen LogP contribution is -2.00. The lowest BCUT2D eigenvalue weighted by Gasteiger charge is -2.22. The van der Waals surface area contributed by atoms with Crippen molar-refractivity contribution in [3.63, 3.8) is 0 Å². The lowest BCUT2D eigenvalue weighted by molar-refractivity contribution is 0.490. The summed E-state index contributed by atoms with van der Waals surface area (Å²) in [5.41, 5.74) is 3.41. The fraction of sp³-hybridized carbons (Fsp3) is 0.136. The van der Waals surface area contributed by atoms with E-state index in [1.54, 1.807) is 0 Å². The van der Waals surface area contributed by atoms with Gasteiger partial charge in [0.05, 0.1) is 0 Å². The van der Waals surface area contributed by atoms with E-state index in [9.17, 15) is 0 Å². The van der Waals surface area contributed by atoms with Gasteiger partial charge in [-0.2, -0.15) is 0 Å². The van der Waals surface area contributed by atoms with Crippen molar-refractivity contribution in [3.8, 4) is 22.8 Å². The molecular formula is C22H17NO. The summed E-state index contributed by atoms with van der Waals surface area (Å²) in [6.07, 6.45) is 1.97. The molecule has 2 nitrogen and oxygen atoms in total. The molecule has 0 radical (unpaired) electrons. The maximum absolute atomic E-state index is 6.30. The Hall–Kier alpha value is -2.87. The third-order valence-electron chi connectivity index (χ3n) is 4.87. The number of pyridine rings is 1. The number of benzene rings is 3. The molecule has 116 valence electrons. The largest absolute Gasteiger partial charge is 0.454 e. The van der Waals surface area contributed by atoms with Gasteiger partial charge in [-0.25, -0.2) is 0 Å². The fourth-order valence-electron chi connectivity index (χ4n) is 3.57. The fourth-order valence-corrected chi connectivity index (χ4v) is 3.57. The van der Waals surface area contributed by atoms with Crippen molar-refractivity contribution >= 4 is 21.5 Å². The van der Waals surface area contributed by atoms with Gasteiger partial charge in [0, 0.05) is 27.9 Å². The molecule has 5 rings (SSSR count). The summed E-state index contributed by atoms with van der Waals surface area (Å²) in [5.74, 6) is 2.28. The van der Waals surface area contributed by atoms with Gasteiger partial charge < -0.3 is 4.74 Å². The molecule has 0 saturated heterocycles. The third-order valence-corrected chi connectivity index (χ3v) is 4.87. The van der Waals surface area contributed by atoms with Gasteiger partial charge in [0.15, 0.2) is 5.75 Å². The molecule has 0 atom stereocenters. The second kappa shape index (κ2) is 4.81. The third kappa shape index (κ3) is 1.80. The van der Waals surface area contributed by atoms with Crippen LogP contribution in [-0.2, 0) is 0 Å². The molecule has 0 aliphatic carbocycles. The Balaban J connectivity index is 1.85. The van der Waals surface area contributed by atoms with Crippen LogP contribution in [0.5, 0.6) is 11.5 Å². The van der Waals surface area contributed by atoms with E-state index in [1.807, 2.05) is 18.3 Å². The summed E-state index contributed by atoms with van der Waals surface area (Å²) in [7, 11) is 0. The van der Waals surface area contributed by atoms with E-state index in [-0.39, 0.29) is 0 Å². The van der Waals surface area contributed by atoms with Crippen molar-refractivity contribution < 1.29 is 4.74 Å². The second-order valence-electron chi connectivity index (χ2n) is 6.70. The first-order valence-corrected chi connectivity index (χ1v) is 8.35. The van der Waals surface area contributed by atoms with E-state index < -0.39 is 0 Å². The number of aromatic nitrogens is 1. The van der Waals surface area contributed by atoms with Crippen LogP contribution in [0.15, 0.2) is 60.8 Å². The van der Waals surface area contributed by atoms with Gasteiger partial charge in [-0.05, 0) is 29.0 Å². The summed E-state index contributed by atoms with van der Waals surface area (Å²) in [6.45, 7) is 4.42. The molecule has 24 heavy (non-hydrogen) atoms. The second-order valence-corrected chi connectivity index (χ2v) is 6.70. The van der Waals surface area contributed by atoms with Gasteiger partial charge in [-0.3, -0.25) is 4.98 Å². The highest BCUT2D eigenvalue weighted by atomic mass is 16.5. The minimum atomic E-state index is 0.501. The maximum Gasteiger partial charge on any atom is 0.161 e. The molecule has 1 aliphatic heterocycles. The van der Waals surface area contributed by atoms with Crippen LogP contribution >= 0.6 is 0 Å². The van der Waals surface area contributed by atoms with Crippen LogP contribution in [0.4, 0.5) is 0 Å².